The second kappa shape index (κ2) is 20.3. The second-order valence-electron chi connectivity index (χ2n) is 3.72. The van der Waals surface area contributed by atoms with Crippen LogP contribution in [0.25, 0.3) is 0 Å². The van der Waals surface area contributed by atoms with Crippen LogP contribution in [0.3, 0.4) is 0 Å². The molecule has 0 radical (unpaired) electrons. The van der Waals surface area contributed by atoms with E-state index in [1.54, 1.807) is 0 Å². The van der Waals surface area contributed by atoms with E-state index < -0.39 is 0 Å². The third kappa shape index (κ3) is 23.6. The summed E-state index contributed by atoms with van der Waals surface area (Å²) in [6.07, 6.45) is 7.66. The van der Waals surface area contributed by atoms with E-state index in [2.05, 4.69) is 0 Å². The van der Waals surface area contributed by atoms with Crippen LogP contribution in [-0.4, -0.2) is 46.9 Å². The van der Waals surface area contributed by atoms with Crippen LogP contribution >= 0.6 is 0 Å². The summed E-state index contributed by atoms with van der Waals surface area (Å²) in [5, 5.41) is 33.2. The van der Waals surface area contributed by atoms with Crippen molar-refractivity contribution >= 4 is 0 Å². The fourth-order valence-electron chi connectivity index (χ4n) is 1.15. The molecule has 0 aliphatic rings. The van der Waals surface area contributed by atoms with Crippen LogP contribution in [-0.2, 0) is 0 Å². The molecule has 0 rings (SSSR count). The lowest BCUT2D eigenvalue weighted by molar-refractivity contribution is 0.265. The molecule has 0 unspecified atom stereocenters. The van der Waals surface area contributed by atoms with Gasteiger partial charge < -0.3 is 20.4 Å². The summed E-state index contributed by atoms with van der Waals surface area (Å²) >= 11 is 0. The molecule has 0 aromatic rings. The molecule has 0 atom stereocenters. The molecule has 0 fully saturated rings. The molecular formula is C12H28O4. The van der Waals surface area contributed by atoms with Crippen molar-refractivity contribution in [3.05, 3.63) is 0 Å². The number of aliphatic hydroxyl groups excluding tert-OH is 4. The predicted molar refractivity (Wildman–Crippen MR) is 65.3 cm³/mol. The van der Waals surface area contributed by atoms with Crippen LogP contribution in [0.1, 0.15) is 51.4 Å². The van der Waals surface area contributed by atoms with Crippen molar-refractivity contribution in [3.63, 3.8) is 0 Å². The Morgan fingerprint density at radius 1 is 0.312 bits per heavy atom. The first kappa shape index (κ1) is 18.2. The van der Waals surface area contributed by atoms with Crippen LogP contribution in [0.4, 0.5) is 0 Å². The maximum atomic E-state index is 8.30. The molecule has 100 valence electrons. The highest BCUT2D eigenvalue weighted by Crippen LogP contribution is 1.97. The van der Waals surface area contributed by atoms with Gasteiger partial charge in [-0.2, -0.15) is 0 Å². The molecule has 0 bridgehead atoms. The zero-order valence-corrected chi connectivity index (χ0v) is 10.3. The van der Waals surface area contributed by atoms with Crippen LogP contribution in [0.5, 0.6) is 0 Å². The minimum atomic E-state index is 0.283. The van der Waals surface area contributed by atoms with Gasteiger partial charge in [0.2, 0.25) is 0 Å². The Hall–Kier alpha value is -0.160. The van der Waals surface area contributed by atoms with Gasteiger partial charge in [0, 0.05) is 26.4 Å². The summed E-state index contributed by atoms with van der Waals surface area (Å²) in [6.45, 7) is 1.13. The van der Waals surface area contributed by atoms with Gasteiger partial charge in [0.15, 0.2) is 0 Å². The van der Waals surface area contributed by atoms with E-state index in [1.807, 2.05) is 0 Å². The molecule has 0 saturated carbocycles. The summed E-state index contributed by atoms with van der Waals surface area (Å²) in [6, 6.07) is 0. The number of rotatable bonds is 10. The Morgan fingerprint density at radius 3 is 0.625 bits per heavy atom. The Morgan fingerprint density at radius 2 is 0.500 bits per heavy atom. The van der Waals surface area contributed by atoms with Gasteiger partial charge in [-0.3, -0.25) is 0 Å². The third-order valence-electron chi connectivity index (χ3n) is 2.13. The Kier molecular flexibility index (Phi) is 23.1. The van der Waals surface area contributed by atoms with Crippen molar-refractivity contribution < 1.29 is 20.4 Å². The highest BCUT2D eigenvalue weighted by Gasteiger charge is 1.85. The zero-order valence-electron chi connectivity index (χ0n) is 10.3. The van der Waals surface area contributed by atoms with Gasteiger partial charge >= 0.3 is 0 Å². The lowest BCUT2D eigenvalue weighted by atomic mass is 10.2. The summed E-state index contributed by atoms with van der Waals surface area (Å²) in [4.78, 5) is 0. The fraction of sp³-hybridized carbons (Fsp3) is 1.00. The van der Waals surface area contributed by atoms with Gasteiger partial charge in [-0.25, -0.2) is 0 Å². The lowest BCUT2D eigenvalue weighted by Crippen LogP contribution is -1.85. The number of hydrogen-bond acceptors (Lipinski definition) is 4. The molecule has 0 aromatic carbocycles. The zero-order chi connectivity index (χ0) is 12.5. The first-order valence-corrected chi connectivity index (χ1v) is 6.26. The normalized spacial score (nSPS) is 9.75. The van der Waals surface area contributed by atoms with Gasteiger partial charge in [0.1, 0.15) is 0 Å². The van der Waals surface area contributed by atoms with E-state index in [1.165, 1.54) is 0 Å². The van der Waals surface area contributed by atoms with E-state index in [4.69, 9.17) is 20.4 Å². The highest BCUT2D eigenvalue weighted by atomic mass is 16.3. The third-order valence-corrected chi connectivity index (χ3v) is 2.13. The molecule has 4 N–H and O–H groups in total. The monoisotopic (exact) mass is 236 g/mol. The van der Waals surface area contributed by atoms with Crippen molar-refractivity contribution in [1.82, 2.24) is 0 Å². The minimum Gasteiger partial charge on any atom is -0.396 e. The van der Waals surface area contributed by atoms with Crippen LogP contribution < -0.4 is 0 Å². The average molecular weight is 236 g/mol. The molecular weight excluding hydrogens is 208 g/mol. The quantitative estimate of drug-likeness (QED) is 0.428. The van der Waals surface area contributed by atoms with Gasteiger partial charge in [-0.05, 0) is 25.7 Å². The highest BCUT2D eigenvalue weighted by molar-refractivity contribution is 4.39. The van der Waals surface area contributed by atoms with E-state index in [-0.39, 0.29) is 26.4 Å². The number of unbranched alkanes of at least 4 members (excludes halogenated alkanes) is 6. The molecule has 0 spiro atoms. The van der Waals surface area contributed by atoms with E-state index in [9.17, 15) is 0 Å². The summed E-state index contributed by atoms with van der Waals surface area (Å²) in [5.74, 6) is 0. The lowest BCUT2D eigenvalue weighted by Gasteiger charge is -1.93. The van der Waals surface area contributed by atoms with E-state index >= 15 is 0 Å². The Labute approximate surface area is 98.9 Å². The average Bonchev–Trinajstić information content (AvgIpc) is 2.31. The van der Waals surface area contributed by atoms with Crippen molar-refractivity contribution in [2.45, 2.75) is 51.4 Å². The number of hydrogen-bond donors (Lipinski definition) is 4. The molecule has 0 amide bonds. The van der Waals surface area contributed by atoms with Crippen LogP contribution in [0, 0.1) is 0 Å². The SMILES string of the molecule is OCCCCCCO.OCCCCCCO. The summed E-state index contributed by atoms with van der Waals surface area (Å²) in [7, 11) is 0. The van der Waals surface area contributed by atoms with Crippen molar-refractivity contribution in [2.24, 2.45) is 0 Å². The Bertz CT molecular complexity index is 75.0. The van der Waals surface area contributed by atoms with Gasteiger partial charge in [0.25, 0.3) is 0 Å². The largest absolute Gasteiger partial charge is 0.396 e. The molecule has 0 aliphatic carbocycles. The standard InChI is InChI=1S/2C6H14O2/c2*7-5-3-1-2-4-6-8/h2*7-8H,1-6H2. The van der Waals surface area contributed by atoms with Crippen molar-refractivity contribution in [2.75, 3.05) is 26.4 Å². The molecule has 0 aromatic heterocycles. The van der Waals surface area contributed by atoms with Gasteiger partial charge in [-0.1, -0.05) is 25.7 Å². The maximum absolute atomic E-state index is 8.30. The Balaban J connectivity index is 0. The van der Waals surface area contributed by atoms with Gasteiger partial charge in [-0.15, -0.1) is 0 Å². The first-order valence-electron chi connectivity index (χ1n) is 6.26. The topological polar surface area (TPSA) is 80.9 Å². The molecule has 0 saturated heterocycles. The second-order valence-corrected chi connectivity index (χ2v) is 3.72. The van der Waals surface area contributed by atoms with Crippen LogP contribution in [0.15, 0.2) is 0 Å². The van der Waals surface area contributed by atoms with E-state index in [0.29, 0.717) is 0 Å². The molecule has 0 aliphatic heterocycles. The smallest absolute Gasteiger partial charge is 0.0431 e. The first-order chi connectivity index (χ1) is 7.83. The van der Waals surface area contributed by atoms with Crippen molar-refractivity contribution in [3.8, 4) is 0 Å². The van der Waals surface area contributed by atoms with Crippen LogP contribution in [0.2, 0.25) is 0 Å². The van der Waals surface area contributed by atoms with Crippen molar-refractivity contribution in [1.29, 1.82) is 0 Å². The summed E-state index contributed by atoms with van der Waals surface area (Å²) in [5.41, 5.74) is 0. The fourth-order valence-corrected chi connectivity index (χ4v) is 1.15. The summed E-state index contributed by atoms with van der Waals surface area (Å²) < 4.78 is 0. The predicted octanol–water partition coefficient (Wildman–Crippen LogP) is 1.06. The number of aliphatic hydroxyl groups is 4. The van der Waals surface area contributed by atoms with Gasteiger partial charge in [0.05, 0.1) is 0 Å². The molecule has 4 heteroatoms. The molecule has 0 heterocycles. The molecule has 16 heavy (non-hydrogen) atoms. The van der Waals surface area contributed by atoms with E-state index in [0.717, 1.165) is 51.4 Å². The maximum Gasteiger partial charge on any atom is 0.0431 e. The minimum absolute atomic E-state index is 0.283. The molecule has 4 nitrogen and oxygen atoms in total.